The molecule has 7 heavy (non-hydrogen) atoms. The van der Waals surface area contributed by atoms with E-state index in [-0.39, 0.29) is 38.6 Å². The minimum atomic E-state index is -0.269. The molecule has 0 aliphatic carbocycles. The molecule has 0 aromatic carbocycles. The van der Waals surface area contributed by atoms with Gasteiger partial charge in [0.2, 0.25) is 0 Å². The molecule has 0 rings (SSSR count). The van der Waals surface area contributed by atoms with Crippen LogP contribution in [0.1, 0.15) is 0 Å². The predicted octanol–water partition coefficient (Wildman–Crippen LogP) is 0.700. The third-order valence-electron chi connectivity index (χ3n) is 0.395. The summed E-state index contributed by atoms with van der Waals surface area (Å²) >= 11 is 0. The molecule has 0 aliphatic rings. The first-order chi connectivity index (χ1) is 2.81. The SMILES string of the molecule is C=CC(=O)[N-]C.[Y]. The van der Waals surface area contributed by atoms with Gasteiger partial charge in [-0.15, -0.1) is 7.05 Å². The van der Waals surface area contributed by atoms with Crippen molar-refractivity contribution >= 4 is 5.91 Å². The Morgan fingerprint density at radius 3 is 2.29 bits per heavy atom. The van der Waals surface area contributed by atoms with Crippen LogP contribution in [0.3, 0.4) is 0 Å². The largest absolute Gasteiger partial charge is 0.652 e. The third kappa shape index (κ3) is 6.31. The van der Waals surface area contributed by atoms with Gasteiger partial charge < -0.3 is 10.1 Å². The average molecular weight is 173 g/mol. The Morgan fingerprint density at radius 1 is 1.86 bits per heavy atom. The zero-order valence-electron chi connectivity index (χ0n) is 4.22. The molecule has 0 spiro atoms. The molecular formula is C4H6NOY-. The number of hydrogen-bond acceptors (Lipinski definition) is 1. The predicted molar refractivity (Wildman–Crippen MR) is 24.5 cm³/mol. The smallest absolute Gasteiger partial charge is 0.0738 e. The maximum Gasteiger partial charge on any atom is 0.0738 e. The summed E-state index contributed by atoms with van der Waals surface area (Å²) in [6.45, 7) is 3.19. The van der Waals surface area contributed by atoms with Crippen molar-refractivity contribution in [3.63, 3.8) is 0 Å². The number of rotatable bonds is 1. The molecule has 1 radical (unpaired) electrons. The summed E-state index contributed by atoms with van der Waals surface area (Å²) in [5.74, 6) is -0.269. The van der Waals surface area contributed by atoms with E-state index in [4.69, 9.17) is 0 Å². The van der Waals surface area contributed by atoms with Crippen molar-refractivity contribution in [1.82, 2.24) is 0 Å². The monoisotopic (exact) mass is 173 g/mol. The fourth-order valence-electron chi connectivity index (χ4n) is 0.0913. The van der Waals surface area contributed by atoms with Crippen molar-refractivity contribution in [3.05, 3.63) is 18.0 Å². The van der Waals surface area contributed by atoms with Crippen LogP contribution in [0.5, 0.6) is 0 Å². The Bertz CT molecular complexity index is 72.1. The fourth-order valence-corrected chi connectivity index (χ4v) is 0.0913. The van der Waals surface area contributed by atoms with E-state index in [1.165, 1.54) is 13.1 Å². The van der Waals surface area contributed by atoms with Gasteiger partial charge >= 0.3 is 0 Å². The van der Waals surface area contributed by atoms with Gasteiger partial charge in [0.1, 0.15) is 0 Å². The molecule has 3 heteroatoms. The molecular weight excluding hydrogens is 167 g/mol. The van der Waals surface area contributed by atoms with Crippen molar-refractivity contribution in [2.75, 3.05) is 7.05 Å². The first-order valence-electron chi connectivity index (χ1n) is 1.57. The van der Waals surface area contributed by atoms with Crippen LogP contribution in [0.25, 0.3) is 5.32 Å². The molecule has 0 aliphatic heterocycles. The van der Waals surface area contributed by atoms with Crippen LogP contribution in [0, 0.1) is 0 Å². The Hall–Kier alpha value is 0.314. The number of nitrogens with zero attached hydrogens (tertiary/aromatic N) is 1. The van der Waals surface area contributed by atoms with Crippen LogP contribution >= 0.6 is 0 Å². The van der Waals surface area contributed by atoms with Crippen LogP contribution in [-0.2, 0) is 37.5 Å². The van der Waals surface area contributed by atoms with Crippen LogP contribution in [0.4, 0.5) is 0 Å². The third-order valence-corrected chi connectivity index (χ3v) is 0.395. The zero-order valence-corrected chi connectivity index (χ0v) is 7.06. The Balaban J connectivity index is 0. The van der Waals surface area contributed by atoms with Crippen LogP contribution in [0.2, 0.25) is 0 Å². The van der Waals surface area contributed by atoms with E-state index in [2.05, 4.69) is 11.9 Å². The second kappa shape index (κ2) is 6.31. The quantitative estimate of drug-likeness (QED) is 0.537. The number of carbonyl (C=O) groups excluding carboxylic acids is 1. The molecule has 0 bridgehead atoms. The maximum absolute atomic E-state index is 9.90. The fraction of sp³-hybridized carbons (Fsp3) is 0.250. The second-order valence-electron chi connectivity index (χ2n) is 0.766. The molecule has 0 unspecified atom stereocenters. The van der Waals surface area contributed by atoms with Gasteiger partial charge in [-0.3, -0.25) is 0 Å². The molecule has 0 fully saturated rings. The van der Waals surface area contributed by atoms with Crippen molar-refractivity contribution in [1.29, 1.82) is 0 Å². The second-order valence-corrected chi connectivity index (χ2v) is 0.766. The molecule has 0 aromatic heterocycles. The van der Waals surface area contributed by atoms with Crippen LogP contribution in [0.15, 0.2) is 12.7 Å². The number of carbonyl (C=O) groups is 1. The van der Waals surface area contributed by atoms with Crippen LogP contribution in [-0.4, -0.2) is 13.0 Å². The van der Waals surface area contributed by atoms with Crippen molar-refractivity contribution in [2.45, 2.75) is 0 Å². The molecule has 0 aromatic rings. The minimum Gasteiger partial charge on any atom is -0.652 e. The molecule has 0 saturated heterocycles. The number of amides is 1. The average Bonchev–Trinajstić information content (AvgIpc) is 1.65. The molecule has 1 amide bonds. The topological polar surface area (TPSA) is 31.2 Å². The summed E-state index contributed by atoms with van der Waals surface area (Å²) < 4.78 is 0. The van der Waals surface area contributed by atoms with Gasteiger partial charge in [-0.05, 0) is 6.08 Å². The van der Waals surface area contributed by atoms with Gasteiger partial charge in [-0.2, -0.15) is 0 Å². The number of hydrogen-bond donors (Lipinski definition) is 0. The summed E-state index contributed by atoms with van der Waals surface area (Å²) in [5.41, 5.74) is 0. The van der Waals surface area contributed by atoms with Gasteiger partial charge in [0.25, 0.3) is 0 Å². The van der Waals surface area contributed by atoms with E-state index in [0.29, 0.717) is 0 Å². The Kier molecular flexibility index (Phi) is 9.31. The van der Waals surface area contributed by atoms with Crippen molar-refractivity contribution in [2.24, 2.45) is 0 Å². The Labute approximate surface area is 68.2 Å². The summed E-state index contributed by atoms with van der Waals surface area (Å²) in [7, 11) is 1.43. The summed E-state index contributed by atoms with van der Waals surface area (Å²) in [5, 5.41) is 3.25. The van der Waals surface area contributed by atoms with Crippen molar-refractivity contribution in [3.8, 4) is 0 Å². The molecule has 0 saturated carbocycles. The van der Waals surface area contributed by atoms with Crippen LogP contribution < -0.4 is 0 Å². The molecule has 0 N–H and O–H groups in total. The minimum absolute atomic E-state index is 0. The van der Waals surface area contributed by atoms with Gasteiger partial charge in [-0.25, -0.2) is 0 Å². The zero-order chi connectivity index (χ0) is 4.99. The normalized spacial score (nSPS) is 5.86. The standard InChI is InChI=1S/C4H7NO.Y/c1-3-4(6)5-2;/h3H,1H2,2H3,(H,5,6);/p-1. The Morgan fingerprint density at radius 2 is 2.29 bits per heavy atom. The molecule has 0 atom stereocenters. The van der Waals surface area contributed by atoms with E-state index in [1.807, 2.05) is 0 Å². The number of likely N-dealkylation sites (N-methyl/N-ethyl adjacent to an activating group) is 1. The van der Waals surface area contributed by atoms with Gasteiger partial charge in [-0.1, -0.05) is 6.58 Å². The van der Waals surface area contributed by atoms with E-state index in [0.717, 1.165) is 0 Å². The molecule has 2 nitrogen and oxygen atoms in total. The van der Waals surface area contributed by atoms with Crippen molar-refractivity contribution < 1.29 is 37.5 Å². The van der Waals surface area contributed by atoms with E-state index >= 15 is 0 Å². The molecule has 37 valence electrons. The van der Waals surface area contributed by atoms with Gasteiger partial charge in [0, 0.05) is 32.7 Å². The first-order valence-corrected chi connectivity index (χ1v) is 1.57. The maximum atomic E-state index is 9.90. The summed E-state index contributed by atoms with van der Waals surface area (Å²) in [4.78, 5) is 9.90. The summed E-state index contributed by atoms with van der Waals surface area (Å²) in [6.07, 6.45) is 1.17. The summed E-state index contributed by atoms with van der Waals surface area (Å²) in [6, 6.07) is 0. The van der Waals surface area contributed by atoms with E-state index < -0.39 is 0 Å². The van der Waals surface area contributed by atoms with E-state index in [1.54, 1.807) is 0 Å². The van der Waals surface area contributed by atoms with Gasteiger partial charge in [0.05, 0.1) is 5.91 Å². The molecule has 0 heterocycles. The first kappa shape index (κ1) is 10.3. The van der Waals surface area contributed by atoms with Gasteiger partial charge in [0.15, 0.2) is 0 Å². The van der Waals surface area contributed by atoms with E-state index in [9.17, 15) is 4.79 Å².